The molecule has 0 aliphatic rings. The maximum absolute atomic E-state index is 11.0. The maximum Gasteiger partial charge on any atom is 0.261 e. The van der Waals surface area contributed by atoms with Gasteiger partial charge in [-0.2, -0.15) is 5.26 Å². The minimum Gasteiger partial charge on any atom is -0.207 e. The number of hydrogen-bond donors (Lipinski definition) is 0. The topological polar surface area (TPSA) is 57.9 Å². The molecule has 0 radical (unpaired) electrons. The van der Waals surface area contributed by atoms with Gasteiger partial charge in [0.1, 0.15) is 6.07 Å². The van der Waals surface area contributed by atoms with Gasteiger partial charge in [0, 0.05) is 10.7 Å². The lowest BCUT2D eigenvalue weighted by Crippen LogP contribution is -1.95. The average Bonchev–Trinajstić information content (AvgIpc) is 2.06. The van der Waals surface area contributed by atoms with Gasteiger partial charge in [-0.05, 0) is 24.6 Å². The van der Waals surface area contributed by atoms with Crippen LogP contribution in [0.3, 0.4) is 0 Å². The number of hydrogen-bond acceptors (Lipinski definition) is 3. The Morgan fingerprint density at radius 1 is 1.43 bits per heavy atom. The number of halogens is 2. The first-order valence-electron chi connectivity index (χ1n) is 3.51. The predicted octanol–water partition coefficient (Wildman–Crippen LogP) is 2.45. The number of rotatable bonds is 1. The highest BCUT2D eigenvalue weighted by Gasteiger charge is 2.15. The number of benzene rings is 1. The van der Waals surface area contributed by atoms with Gasteiger partial charge >= 0.3 is 0 Å². The fourth-order valence-electron chi connectivity index (χ4n) is 1.01. The highest BCUT2D eigenvalue weighted by atomic mass is 35.7. The molecule has 0 aliphatic heterocycles. The fourth-order valence-corrected chi connectivity index (χ4v) is 2.48. The fraction of sp³-hybridized carbons (Fsp3) is 0.125. The molecular weight excluding hydrogens is 245 g/mol. The number of aryl methyl sites for hydroxylation is 1. The summed E-state index contributed by atoms with van der Waals surface area (Å²) < 4.78 is 22.1. The summed E-state index contributed by atoms with van der Waals surface area (Å²) in [5.74, 6) is 0. The van der Waals surface area contributed by atoms with Gasteiger partial charge in [0.2, 0.25) is 0 Å². The summed E-state index contributed by atoms with van der Waals surface area (Å²) in [5.41, 5.74) is 0.634. The van der Waals surface area contributed by atoms with Crippen LogP contribution in [0.1, 0.15) is 11.1 Å². The van der Waals surface area contributed by atoms with E-state index < -0.39 is 9.05 Å². The zero-order valence-electron chi connectivity index (χ0n) is 7.08. The van der Waals surface area contributed by atoms with E-state index in [1.54, 1.807) is 6.92 Å². The quantitative estimate of drug-likeness (QED) is 0.719. The third kappa shape index (κ3) is 2.18. The Kier molecular flexibility index (Phi) is 3.05. The lowest BCUT2D eigenvalue weighted by Gasteiger charge is -2.03. The van der Waals surface area contributed by atoms with Gasteiger partial charge in [0.05, 0.1) is 15.5 Å². The van der Waals surface area contributed by atoms with Gasteiger partial charge in [0.25, 0.3) is 9.05 Å². The van der Waals surface area contributed by atoms with Gasteiger partial charge in [-0.1, -0.05) is 11.6 Å². The first-order chi connectivity index (χ1) is 6.36. The third-order valence-corrected chi connectivity index (χ3v) is 3.42. The smallest absolute Gasteiger partial charge is 0.207 e. The molecule has 0 unspecified atom stereocenters. The first kappa shape index (κ1) is 11.3. The Morgan fingerprint density at radius 2 is 2.00 bits per heavy atom. The van der Waals surface area contributed by atoms with E-state index in [2.05, 4.69) is 0 Å². The lowest BCUT2D eigenvalue weighted by molar-refractivity contribution is 0.609. The van der Waals surface area contributed by atoms with Crippen LogP contribution in [0, 0.1) is 18.3 Å². The minimum atomic E-state index is -3.80. The molecule has 1 aromatic carbocycles. The van der Waals surface area contributed by atoms with E-state index in [1.165, 1.54) is 12.1 Å². The van der Waals surface area contributed by atoms with E-state index in [1.807, 2.05) is 6.07 Å². The molecule has 0 saturated heterocycles. The zero-order valence-corrected chi connectivity index (χ0v) is 9.41. The summed E-state index contributed by atoms with van der Waals surface area (Å²) in [6, 6.07) is 4.41. The van der Waals surface area contributed by atoms with Crippen LogP contribution in [0.4, 0.5) is 0 Å². The van der Waals surface area contributed by atoms with Crippen LogP contribution in [0.2, 0.25) is 5.02 Å². The molecule has 0 amide bonds. The molecule has 0 atom stereocenters. The summed E-state index contributed by atoms with van der Waals surface area (Å²) >= 11 is 5.66. The van der Waals surface area contributed by atoms with Crippen molar-refractivity contribution < 1.29 is 8.42 Å². The SMILES string of the molecule is Cc1cc(C#N)c(Cl)cc1S(=O)(=O)Cl. The second kappa shape index (κ2) is 3.77. The first-order valence-corrected chi connectivity index (χ1v) is 6.20. The molecular formula is C8H5Cl2NO2S. The summed E-state index contributed by atoms with van der Waals surface area (Å²) in [5, 5.41) is 8.70. The molecule has 0 fully saturated rings. The van der Waals surface area contributed by atoms with Crippen LogP contribution in [0.25, 0.3) is 0 Å². The summed E-state index contributed by atoms with van der Waals surface area (Å²) in [4.78, 5) is -0.0665. The molecule has 0 saturated carbocycles. The Balaban J connectivity index is 3.54. The molecule has 0 aromatic heterocycles. The van der Waals surface area contributed by atoms with Crippen molar-refractivity contribution in [2.24, 2.45) is 0 Å². The lowest BCUT2D eigenvalue weighted by atomic mass is 10.1. The van der Waals surface area contributed by atoms with Crippen molar-refractivity contribution >= 4 is 31.3 Å². The van der Waals surface area contributed by atoms with Crippen molar-refractivity contribution in [1.82, 2.24) is 0 Å². The van der Waals surface area contributed by atoms with E-state index in [4.69, 9.17) is 27.5 Å². The summed E-state index contributed by atoms with van der Waals surface area (Å²) in [7, 11) is 1.36. The second-order valence-corrected chi connectivity index (χ2v) is 5.59. The third-order valence-electron chi connectivity index (χ3n) is 1.65. The molecule has 1 aromatic rings. The van der Waals surface area contributed by atoms with Crippen LogP contribution >= 0.6 is 22.3 Å². The van der Waals surface area contributed by atoms with Crippen molar-refractivity contribution in [2.45, 2.75) is 11.8 Å². The Morgan fingerprint density at radius 3 is 2.43 bits per heavy atom. The van der Waals surface area contributed by atoms with Crippen molar-refractivity contribution in [3.05, 3.63) is 28.3 Å². The van der Waals surface area contributed by atoms with E-state index in [0.29, 0.717) is 5.56 Å². The molecule has 3 nitrogen and oxygen atoms in total. The van der Waals surface area contributed by atoms with Crippen molar-refractivity contribution in [3.63, 3.8) is 0 Å². The van der Waals surface area contributed by atoms with Crippen LogP contribution < -0.4 is 0 Å². The van der Waals surface area contributed by atoms with Crippen LogP contribution in [0.5, 0.6) is 0 Å². The van der Waals surface area contributed by atoms with Crippen LogP contribution in [0.15, 0.2) is 17.0 Å². The zero-order chi connectivity index (χ0) is 10.9. The van der Waals surface area contributed by atoms with E-state index in [0.717, 1.165) is 0 Å². The highest BCUT2D eigenvalue weighted by Crippen LogP contribution is 2.26. The molecule has 14 heavy (non-hydrogen) atoms. The van der Waals surface area contributed by atoms with E-state index in [-0.39, 0.29) is 15.5 Å². The standard InChI is InChI=1S/C8H5Cl2NO2S/c1-5-2-6(4-11)7(9)3-8(5)14(10,12)13/h2-3H,1H3. The van der Waals surface area contributed by atoms with Crippen molar-refractivity contribution in [2.75, 3.05) is 0 Å². The van der Waals surface area contributed by atoms with Crippen LogP contribution in [-0.4, -0.2) is 8.42 Å². The maximum atomic E-state index is 11.0. The molecule has 0 aliphatic carbocycles. The van der Waals surface area contributed by atoms with E-state index in [9.17, 15) is 8.42 Å². The van der Waals surface area contributed by atoms with Crippen molar-refractivity contribution in [3.8, 4) is 6.07 Å². The summed E-state index contributed by atoms with van der Waals surface area (Å²) in [6.45, 7) is 1.55. The molecule has 0 bridgehead atoms. The molecule has 0 spiro atoms. The van der Waals surface area contributed by atoms with Gasteiger partial charge in [-0.3, -0.25) is 0 Å². The Labute approximate surface area is 91.3 Å². The van der Waals surface area contributed by atoms with Gasteiger partial charge in [0.15, 0.2) is 0 Å². The Hall–Kier alpha value is -0.760. The highest BCUT2D eigenvalue weighted by molar-refractivity contribution is 8.13. The van der Waals surface area contributed by atoms with Crippen molar-refractivity contribution in [1.29, 1.82) is 5.26 Å². The predicted molar refractivity (Wildman–Crippen MR) is 53.9 cm³/mol. The number of nitrogens with zero attached hydrogens (tertiary/aromatic N) is 1. The largest absolute Gasteiger partial charge is 0.261 e. The monoisotopic (exact) mass is 249 g/mol. The van der Waals surface area contributed by atoms with Gasteiger partial charge in [-0.25, -0.2) is 8.42 Å². The van der Waals surface area contributed by atoms with Gasteiger partial charge < -0.3 is 0 Å². The van der Waals surface area contributed by atoms with Gasteiger partial charge in [-0.15, -0.1) is 0 Å². The normalized spacial score (nSPS) is 11.0. The molecule has 0 heterocycles. The molecule has 74 valence electrons. The molecule has 0 N–H and O–H groups in total. The van der Waals surface area contributed by atoms with E-state index >= 15 is 0 Å². The molecule has 6 heteroatoms. The van der Waals surface area contributed by atoms with Crippen LogP contribution in [-0.2, 0) is 9.05 Å². The summed E-state index contributed by atoms with van der Waals surface area (Å²) in [6.07, 6.45) is 0. The Bertz CT molecular complexity index is 517. The second-order valence-electron chi connectivity index (χ2n) is 2.65. The minimum absolute atomic E-state index is 0.0665. The average molecular weight is 250 g/mol. The molecule has 1 rings (SSSR count). The number of nitriles is 1.